The molecule has 0 saturated carbocycles. The number of anilines is 1. The van der Waals surface area contributed by atoms with Gasteiger partial charge in [-0.2, -0.15) is 0 Å². The monoisotopic (exact) mass is 253 g/mol. The first-order valence-corrected chi connectivity index (χ1v) is 5.69. The molecular weight excluding hydrogens is 238 g/mol. The largest absolute Gasteiger partial charge is 0.486 e. The Kier molecular flexibility index (Phi) is 3.83. The van der Waals surface area contributed by atoms with E-state index in [0.717, 1.165) is 0 Å². The minimum atomic E-state index is -0.431. The molecule has 2 rings (SSSR count). The molecule has 98 valence electrons. The van der Waals surface area contributed by atoms with Crippen molar-refractivity contribution in [1.29, 1.82) is 0 Å². The van der Waals surface area contributed by atoms with Gasteiger partial charge >= 0.3 is 0 Å². The summed E-state index contributed by atoms with van der Waals surface area (Å²) in [4.78, 5) is 10.6. The zero-order chi connectivity index (χ0) is 13.0. The molecule has 0 amide bonds. The highest BCUT2D eigenvalue weighted by Crippen LogP contribution is 2.39. The van der Waals surface area contributed by atoms with E-state index in [1.807, 2.05) is 7.05 Å². The predicted octanol–water partition coefficient (Wildman–Crippen LogP) is 0.997. The molecule has 0 radical (unpaired) electrons. The van der Waals surface area contributed by atoms with E-state index < -0.39 is 4.92 Å². The van der Waals surface area contributed by atoms with Gasteiger partial charge in [-0.25, -0.2) is 0 Å². The number of likely N-dealkylation sites (N-methyl/N-ethyl adjacent to an activating group) is 1. The van der Waals surface area contributed by atoms with Crippen molar-refractivity contribution >= 4 is 11.4 Å². The Balaban J connectivity index is 2.27. The van der Waals surface area contributed by atoms with E-state index in [4.69, 9.17) is 9.47 Å². The summed E-state index contributed by atoms with van der Waals surface area (Å²) in [5.41, 5.74) is 0.440. The van der Waals surface area contributed by atoms with Crippen LogP contribution in [0.1, 0.15) is 0 Å². The van der Waals surface area contributed by atoms with E-state index in [1.54, 1.807) is 6.07 Å². The molecule has 18 heavy (non-hydrogen) atoms. The van der Waals surface area contributed by atoms with Crippen LogP contribution in [-0.4, -0.2) is 38.3 Å². The van der Waals surface area contributed by atoms with Crippen molar-refractivity contribution in [3.63, 3.8) is 0 Å². The molecule has 0 fully saturated rings. The number of ether oxygens (including phenoxy) is 2. The molecule has 1 aliphatic heterocycles. The Morgan fingerprint density at radius 1 is 1.28 bits per heavy atom. The quantitative estimate of drug-likeness (QED) is 0.462. The van der Waals surface area contributed by atoms with Crippen LogP contribution in [-0.2, 0) is 0 Å². The van der Waals surface area contributed by atoms with Gasteiger partial charge in [0.25, 0.3) is 5.69 Å². The van der Waals surface area contributed by atoms with Crippen LogP contribution < -0.4 is 20.1 Å². The SMILES string of the molecule is CNCCNc1cc2c(cc1[N+](=O)[O-])OCCO2. The average Bonchev–Trinajstić information content (AvgIpc) is 2.38. The molecule has 1 aliphatic rings. The third-order valence-corrected chi connectivity index (χ3v) is 2.55. The smallest absolute Gasteiger partial charge is 0.296 e. The normalized spacial score (nSPS) is 13.2. The summed E-state index contributed by atoms with van der Waals surface area (Å²) in [6.45, 7) is 2.18. The minimum absolute atomic E-state index is 0.00430. The fourth-order valence-corrected chi connectivity index (χ4v) is 1.69. The molecule has 0 bridgehead atoms. The average molecular weight is 253 g/mol. The lowest BCUT2D eigenvalue weighted by Gasteiger charge is -2.19. The van der Waals surface area contributed by atoms with Gasteiger partial charge in [0.2, 0.25) is 0 Å². The summed E-state index contributed by atoms with van der Waals surface area (Å²) >= 11 is 0. The molecular formula is C11H15N3O4. The van der Waals surface area contributed by atoms with Crippen LogP contribution in [0.2, 0.25) is 0 Å². The maximum Gasteiger partial charge on any atom is 0.296 e. The van der Waals surface area contributed by atoms with Crippen molar-refractivity contribution in [2.45, 2.75) is 0 Å². The van der Waals surface area contributed by atoms with Gasteiger partial charge in [0, 0.05) is 19.2 Å². The molecule has 1 aromatic carbocycles. The van der Waals surface area contributed by atoms with Gasteiger partial charge in [0.1, 0.15) is 18.9 Å². The van der Waals surface area contributed by atoms with Gasteiger partial charge in [0.05, 0.1) is 11.0 Å². The molecule has 1 heterocycles. The summed E-state index contributed by atoms with van der Waals surface area (Å²) in [6.07, 6.45) is 0. The lowest BCUT2D eigenvalue weighted by atomic mass is 10.2. The van der Waals surface area contributed by atoms with Gasteiger partial charge < -0.3 is 20.1 Å². The van der Waals surface area contributed by atoms with Crippen LogP contribution in [0.15, 0.2) is 12.1 Å². The second-order valence-electron chi connectivity index (χ2n) is 3.80. The fraction of sp³-hybridized carbons (Fsp3) is 0.455. The number of fused-ring (bicyclic) bond motifs is 1. The molecule has 1 aromatic rings. The van der Waals surface area contributed by atoms with Crippen LogP contribution in [0.4, 0.5) is 11.4 Å². The van der Waals surface area contributed by atoms with Crippen LogP contribution in [0.25, 0.3) is 0 Å². The number of hydrogen-bond acceptors (Lipinski definition) is 6. The highest BCUT2D eigenvalue weighted by atomic mass is 16.6. The highest BCUT2D eigenvalue weighted by Gasteiger charge is 2.21. The third-order valence-electron chi connectivity index (χ3n) is 2.55. The van der Waals surface area contributed by atoms with Gasteiger partial charge in [-0.05, 0) is 7.05 Å². The highest BCUT2D eigenvalue weighted by molar-refractivity contribution is 5.68. The van der Waals surface area contributed by atoms with Crippen molar-refractivity contribution < 1.29 is 14.4 Å². The summed E-state index contributed by atoms with van der Waals surface area (Å²) in [7, 11) is 1.82. The standard InChI is InChI=1S/C11H15N3O4/c1-12-2-3-13-8-6-10-11(18-5-4-17-10)7-9(8)14(15)16/h6-7,12-13H,2-5H2,1H3. The maximum atomic E-state index is 11.0. The summed E-state index contributed by atoms with van der Waals surface area (Å²) in [6, 6.07) is 3.01. The first-order valence-electron chi connectivity index (χ1n) is 5.69. The van der Waals surface area contributed by atoms with E-state index in [1.165, 1.54) is 6.07 Å². The number of nitrogens with one attached hydrogen (secondary N) is 2. The molecule has 0 aromatic heterocycles. The first kappa shape index (κ1) is 12.4. The Hall–Kier alpha value is -2.02. The fourth-order valence-electron chi connectivity index (χ4n) is 1.69. The Morgan fingerprint density at radius 3 is 2.56 bits per heavy atom. The molecule has 2 N–H and O–H groups in total. The molecule has 0 atom stereocenters. The van der Waals surface area contributed by atoms with Crippen molar-refractivity contribution in [2.75, 3.05) is 38.7 Å². The number of hydrogen-bond donors (Lipinski definition) is 2. The minimum Gasteiger partial charge on any atom is -0.486 e. The Labute approximate surface area is 104 Å². The van der Waals surface area contributed by atoms with Crippen molar-refractivity contribution in [2.24, 2.45) is 0 Å². The number of nitrogens with zero attached hydrogens (tertiary/aromatic N) is 1. The molecule has 0 spiro atoms. The molecule has 7 nitrogen and oxygen atoms in total. The maximum absolute atomic E-state index is 11.0. The van der Waals surface area contributed by atoms with Crippen molar-refractivity contribution in [3.05, 3.63) is 22.2 Å². The van der Waals surface area contributed by atoms with Crippen LogP contribution in [0, 0.1) is 10.1 Å². The summed E-state index contributed by atoms with van der Waals surface area (Å²) in [5, 5.41) is 17.0. The molecule has 0 unspecified atom stereocenters. The van der Waals surface area contributed by atoms with Crippen LogP contribution in [0.5, 0.6) is 11.5 Å². The predicted molar refractivity (Wildman–Crippen MR) is 66.5 cm³/mol. The van der Waals surface area contributed by atoms with Gasteiger partial charge in [-0.1, -0.05) is 0 Å². The number of rotatable bonds is 5. The Morgan fingerprint density at radius 2 is 1.94 bits per heavy atom. The zero-order valence-electron chi connectivity index (χ0n) is 10.1. The zero-order valence-corrected chi connectivity index (χ0v) is 10.1. The van der Waals surface area contributed by atoms with Crippen molar-refractivity contribution in [3.8, 4) is 11.5 Å². The lowest BCUT2D eigenvalue weighted by molar-refractivity contribution is -0.384. The summed E-state index contributed by atoms with van der Waals surface area (Å²) < 4.78 is 10.7. The van der Waals surface area contributed by atoms with Gasteiger partial charge in [0.15, 0.2) is 11.5 Å². The topological polar surface area (TPSA) is 85.7 Å². The van der Waals surface area contributed by atoms with Gasteiger partial charge in [-0.3, -0.25) is 10.1 Å². The Bertz CT molecular complexity index is 450. The lowest BCUT2D eigenvalue weighted by Crippen LogP contribution is -2.19. The number of nitro benzene ring substituents is 1. The van der Waals surface area contributed by atoms with E-state index in [9.17, 15) is 10.1 Å². The summed E-state index contributed by atoms with van der Waals surface area (Å²) in [5.74, 6) is 0.964. The third kappa shape index (κ3) is 2.62. The molecule has 0 saturated heterocycles. The van der Waals surface area contributed by atoms with Crippen LogP contribution in [0.3, 0.4) is 0 Å². The second kappa shape index (κ2) is 5.54. The molecule has 0 aliphatic carbocycles. The number of benzene rings is 1. The second-order valence-corrected chi connectivity index (χ2v) is 3.80. The van der Waals surface area contributed by atoms with E-state index in [-0.39, 0.29) is 5.69 Å². The number of nitro groups is 1. The van der Waals surface area contributed by atoms with E-state index in [2.05, 4.69) is 10.6 Å². The van der Waals surface area contributed by atoms with E-state index >= 15 is 0 Å². The molecule has 7 heteroatoms. The first-order chi connectivity index (χ1) is 8.72. The van der Waals surface area contributed by atoms with Gasteiger partial charge in [-0.15, -0.1) is 0 Å². The van der Waals surface area contributed by atoms with E-state index in [0.29, 0.717) is 43.5 Å². The van der Waals surface area contributed by atoms with Crippen molar-refractivity contribution in [1.82, 2.24) is 5.32 Å². The van der Waals surface area contributed by atoms with Crippen LogP contribution >= 0.6 is 0 Å².